The second-order valence-corrected chi connectivity index (χ2v) is 6.16. The highest BCUT2D eigenvalue weighted by atomic mass is 16.6. The third-order valence-corrected chi connectivity index (χ3v) is 4.73. The molecule has 0 aromatic heterocycles. The van der Waals surface area contributed by atoms with Gasteiger partial charge in [-0.25, -0.2) is 0 Å². The molecule has 3 rings (SSSR count). The van der Waals surface area contributed by atoms with Gasteiger partial charge in [-0.15, -0.1) is 0 Å². The van der Waals surface area contributed by atoms with E-state index in [9.17, 15) is 19.7 Å². The second kappa shape index (κ2) is 5.73. The lowest BCUT2D eigenvalue weighted by Crippen LogP contribution is -2.59. The molecule has 1 unspecified atom stereocenters. The molecule has 2 aliphatic rings. The van der Waals surface area contributed by atoms with E-state index in [4.69, 9.17) is 0 Å². The Labute approximate surface area is 133 Å². The molecule has 0 radical (unpaired) electrons. The molecule has 0 spiro atoms. The van der Waals surface area contributed by atoms with Crippen molar-refractivity contribution in [1.29, 1.82) is 0 Å². The molecule has 0 bridgehead atoms. The molecule has 1 aromatic carbocycles. The van der Waals surface area contributed by atoms with Crippen LogP contribution in [0.15, 0.2) is 18.2 Å². The van der Waals surface area contributed by atoms with E-state index >= 15 is 0 Å². The van der Waals surface area contributed by atoms with Crippen molar-refractivity contribution >= 4 is 17.5 Å². The normalized spacial score (nSPS) is 24.0. The number of carbonyl (C=O) groups excluding carboxylic acids is 2. The van der Waals surface area contributed by atoms with Crippen LogP contribution in [0.4, 0.5) is 5.69 Å². The SMILES string of the molecule is CCCC1(N2C(=O)c3cccc([N+](=O)[O-])c3C2=O)CCCNC1. The molecule has 1 aromatic rings. The Hall–Kier alpha value is -2.28. The number of hydrogen-bond acceptors (Lipinski definition) is 5. The van der Waals surface area contributed by atoms with Crippen LogP contribution in [0, 0.1) is 10.1 Å². The van der Waals surface area contributed by atoms with Crippen molar-refractivity contribution in [2.45, 2.75) is 38.1 Å². The fourth-order valence-corrected chi connectivity index (χ4v) is 3.78. The summed E-state index contributed by atoms with van der Waals surface area (Å²) in [6.45, 7) is 3.41. The standard InChI is InChI=1S/C16H19N3O4/c1-2-7-16(8-4-9-17-10-16)18-14(20)11-5-3-6-12(19(22)23)13(11)15(18)21/h3,5-6,17H,2,4,7-10H2,1H3. The molecule has 23 heavy (non-hydrogen) atoms. The van der Waals surface area contributed by atoms with E-state index in [0.29, 0.717) is 13.0 Å². The molecule has 1 saturated heterocycles. The molecule has 1 atom stereocenters. The van der Waals surface area contributed by atoms with Gasteiger partial charge in [0.25, 0.3) is 17.5 Å². The zero-order valence-electron chi connectivity index (χ0n) is 13.0. The van der Waals surface area contributed by atoms with Crippen LogP contribution in [-0.4, -0.2) is 40.3 Å². The molecule has 2 heterocycles. The van der Waals surface area contributed by atoms with Gasteiger partial charge in [0.05, 0.1) is 16.0 Å². The predicted octanol–water partition coefficient (Wildman–Crippen LogP) is 2.11. The fourth-order valence-electron chi connectivity index (χ4n) is 3.78. The van der Waals surface area contributed by atoms with E-state index in [1.54, 1.807) is 0 Å². The zero-order valence-corrected chi connectivity index (χ0v) is 13.0. The molecule has 7 heteroatoms. The predicted molar refractivity (Wildman–Crippen MR) is 83.3 cm³/mol. The van der Waals surface area contributed by atoms with Gasteiger partial charge >= 0.3 is 0 Å². The van der Waals surface area contributed by atoms with Crippen LogP contribution in [0.25, 0.3) is 0 Å². The van der Waals surface area contributed by atoms with Gasteiger partial charge in [-0.3, -0.25) is 24.6 Å². The number of amides is 2. The lowest BCUT2D eigenvalue weighted by molar-refractivity contribution is -0.385. The van der Waals surface area contributed by atoms with Crippen molar-refractivity contribution in [3.05, 3.63) is 39.4 Å². The number of nitrogens with zero attached hydrogens (tertiary/aromatic N) is 2. The van der Waals surface area contributed by atoms with E-state index in [1.807, 2.05) is 6.92 Å². The van der Waals surface area contributed by atoms with Crippen molar-refractivity contribution in [2.75, 3.05) is 13.1 Å². The summed E-state index contributed by atoms with van der Waals surface area (Å²) in [6.07, 6.45) is 3.12. The number of piperidine rings is 1. The van der Waals surface area contributed by atoms with Crippen LogP contribution < -0.4 is 5.32 Å². The number of rotatable bonds is 4. The summed E-state index contributed by atoms with van der Waals surface area (Å²) in [5.41, 5.74) is -0.804. The van der Waals surface area contributed by atoms with Gasteiger partial charge in [0, 0.05) is 12.6 Å². The summed E-state index contributed by atoms with van der Waals surface area (Å²) in [5.74, 6) is -0.944. The first-order valence-corrected chi connectivity index (χ1v) is 7.89. The first kappa shape index (κ1) is 15.6. The number of carbonyl (C=O) groups is 2. The van der Waals surface area contributed by atoms with E-state index in [-0.39, 0.29) is 16.8 Å². The van der Waals surface area contributed by atoms with Crippen molar-refractivity contribution in [3.63, 3.8) is 0 Å². The number of imide groups is 1. The summed E-state index contributed by atoms with van der Waals surface area (Å²) in [4.78, 5) is 37.6. The second-order valence-electron chi connectivity index (χ2n) is 6.16. The first-order valence-electron chi connectivity index (χ1n) is 7.89. The van der Waals surface area contributed by atoms with Crippen LogP contribution in [0.5, 0.6) is 0 Å². The maximum atomic E-state index is 12.9. The Morgan fingerprint density at radius 1 is 1.35 bits per heavy atom. The lowest BCUT2D eigenvalue weighted by Gasteiger charge is -2.43. The van der Waals surface area contributed by atoms with Crippen LogP contribution in [0.3, 0.4) is 0 Å². The summed E-state index contributed by atoms with van der Waals surface area (Å²) in [5, 5.41) is 14.5. The Morgan fingerprint density at radius 2 is 2.13 bits per heavy atom. The fraction of sp³-hybridized carbons (Fsp3) is 0.500. The summed E-state index contributed by atoms with van der Waals surface area (Å²) < 4.78 is 0. The Balaban J connectivity index is 2.09. The zero-order chi connectivity index (χ0) is 16.6. The highest BCUT2D eigenvalue weighted by Crippen LogP contribution is 2.39. The number of hydrogen-bond donors (Lipinski definition) is 1. The van der Waals surface area contributed by atoms with Crippen LogP contribution in [0.1, 0.15) is 53.3 Å². The van der Waals surface area contributed by atoms with Crippen molar-refractivity contribution in [3.8, 4) is 0 Å². The number of nitro groups is 1. The quantitative estimate of drug-likeness (QED) is 0.521. The Morgan fingerprint density at radius 3 is 2.74 bits per heavy atom. The minimum absolute atomic E-state index is 0.0662. The topological polar surface area (TPSA) is 92.6 Å². The van der Waals surface area contributed by atoms with E-state index in [1.165, 1.54) is 23.1 Å². The Bertz CT molecular complexity index is 674. The summed E-state index contributed by atoms with van der Waals surface area (Å²) in [6, 6.07) is 4.23. The minimum atomic E-state index is -0.598. The molecular weight excluding hydrogens is 298 g/mol. The molecule has 1 fully saturated rings. The minimum Gasteiger partial charge on any atom is -0.314 e. The molecule has 2 amide bonds. The summed E-state index contributed by atoms with van der Waals surface area (Å²) >= 11 is 0. The van der Waals surface area contributed by atoms with Crippen LogP contribution in [-0.2, 0) is 0 Å². The van der Waals surface area contributed by atoms with E-state index in [2.05, 4.69) is 5.32 Å². The smallest absolute Gasteiger partial charge is 0.282 e. The van der Waals surface area contributed by atoms with E-state index in [0.717, 1.165) is 25.8 Å². The molecule has 0 aliphatic carbocycles. The maximum Gasteiger partial charge on any atom is 0.282 e. The van der Waals surface area contributed by atoms with Crippen LogP contribution >= 0.6 is 0 Å². The molecule has 0 saturated carbocycles. The van der Waals surface area contributed by atoms with Gasteiger partial charge in [0.15, 0.2) is 0 Å². The lowest BCUT2D eigenvalue weighted by atomic mass is 9.84. The van der Waals surface area contributed by atoms with E-state index < -0.39 is 22.3 Å². The molecule has 7 nitrogen and oxygen atoms in total. The van der Waals surface area contributed by atoms with Gasteiger partial charge in [0.2, 0.25) is 0 Å². The van der Waals surface area contributed by atoms with Gasteiger partial charge in [0.1, 0.15) is 5.56 Å². The third kappa shape index (κ3) is 2.31. The van der Waals surface area contributed by atoms with Crippen LogP contribution in [0.2, 0.25) is 0 Å². The maximum absolute atomic E-state index is 12.9. The van der Waals surface area contributed by atoms with Gasteiger partial charge in [-0.1, -0.05) is 19.4 Å². The summed E-state index contributed by atoms with van der Waals surface area (Å²) in [7, 11) is 0. The largest absolute Gasteiger partial charge is 0.314 e. The monoisotopic (exact) mass is 317 g/mol. The average molecular weight is 317 g/mol. The molecule has 1 N–H and O–H groups in total. The molecule has 122 valence electrons. The number of nitrogens with one attached hydrogen (secondary N) is 1. The molecule has 2 aliphatic heterocycles. The first-order chi connectivity index (χ1) is 11.0. The van der Waals surface area contributed by atoms with Crippen molar-refractivity contribution in [2.24, 2.45) is 0 Å². The van der Waals surface area contributed by atoms with Crippen molar-refractivity contribution in [1.82, 2.24) is 10.2 Å². The third-order valence-electron chi connectivity index (χ3n) is 4.73. The average Bonchev–Trinajstić information content (AvgIpc) is 2.80. The highest BCUT2D eigenvalue weighted by molar-refractivity contribution is 6.23. The van der Waals surface area contributed by atoms with Gasteiger partial charge in [-0.05, 0) is 31.9 Å². The highest BCUT2D eigenvalue weighted by Gasteiger charge is 2.51. The number of nitro benzene ring substituents is 1. The number of fused-ring (bicyclic) bond motifs is 1. The van der Waals surface area contributed by atoms with Gasteiger partial charge in [-0.2, -0.15) is 0 Å². The van der Waals surface area contributed by atoms with Crippen molar-refractivity contribution < 1.29 is 14.5 Å². The Kier molecular flexibility index (Phi) is 3.89. The number of benzene rings is 1. The van der Waals surface area contributed by atoms with Gasteiger partial charge < -0.3 is 5.32 Å². The molecular formula is C16H19N3O4.